The predicted molar refractivity (Wildman–Crippen MR) is 209 cm³/mol. The number of hydrogen-bond acceptors (Lipinski definition) is 3. The third-order valence-corrected chi connectivity index (χ3v) is 10.2. The van der Waals surface area contributed by atoms with Crippen LogP contribution >= 0.6 is 11.8 Å². The molecule has 0 fully saturated rings. The zero-order valence-corrected chi connectivity index (χ0v) is 29.1. The fraction of sp³-hybridized carbons (Fsp3) is 0.116. The second-order valence-corrected chi connectivity index (χ2v) is 13.8. The van der Waals surface area contributed by atoms with Gasteiger partial charge < -0.3 is 10.2 Å². The molecule has 0 aromatic heterocycles. The Morgan fingerprint density at radius 2 is 1.40 bits per heavy atom. The third-order valence-electron chi connectivity index (χ3n) is 9.09. The highest BCUT2D eigenvalue weighted by Gasteiger charge is 2.34. The Labute approximate surface area is 296 Å². The molecule has 250 valence electrons. The van der Waals surface area contributed by atoms with Gasteiger partial charge in [-0.25, -0.2) is 14.5 Å². The molecule has 50 heavy (non-hydrogen) atoms. The van der Waals surface area contributed by atoms with Gasteiger partial charge in [-0.05, 0) is 69.8 Å². The van der Waals surface area contributed by atoms with Crippen molar-refractivity contribution in [1.29, 1.82) is 0 Å². The maximum Gasteiger partial charge on any atom is 0.416 e. The molecular weight excluding hydrogens is 641 g/mol. The Bertz CT molecular complexity index is 2280. The first-order valence-corrected chi connectivity index (χ1v) is 17.1. The number of allylic oxidation sites excluding steroid dienone is 7. The summed E-state index contributed by atoms with van der Waals surface area (Å²) in [5, 5.41) is 25.3. The van der Waals surface area contributed by atoms with Crippen LogP contribution in [0.15, 0.2) is 156 Å². The molecule has 1 aliphatic rings. The van der Waals surface area contributed by atoms with E-state index in [1.807, 2.05) is 91.0 Å². The van der Waals surface area contributed by atoms with Crippen molar-refractivity contribution < 1.29 is 19.8 Å². The van der Waals surface area contributed by atoms with Crippen LogP contribution in [0.25, 0.3) is 38.2 Å². The molecule has 0 saturated carbocycles. The third kappa shape index (κ3) is 6.24. The van der Waals surface area contributed by atoms with Gasteiger partial charge in [-0.15, -0.1) is 6.58 Å². The van der Waals surface area contributed by atoms with Crippen LogP contribution in [0.2, 0.25) is 0 Å². The molecule has 0 spiro atoms. The van der Waals surface area contributed by atoms with Crippen LogP contribution < -0.4 is 9.80 Å². The Hall–Kier alpha value is -5.79. The molecule has 5 aromatic rings. The van der Waals surface area contributed by atoms with E-state index in [0.29, 0.717) is 22.1 Å². The monoisotopic (exact) mass is 678 g/mol. The quantitative estimate of drug-likeness (QED) is 0.0921. The lowest BCUT2D eigenvalue weighted by atomic mass is 9.76. The van der Waals surface area contributed by atoms with E-state index in [9.17, 15) is 19.8 Å². The average Bonchev–Trinajstić information content (AvgIpc) is 3.50. The zero-order valence-electron chi connectivity index (χ0n) is 28.3. The van der Waals surface area contributed by atoms with Gasteiger partial charge in [0.25, 0.3) is 0 Å². The minimum Gasteiger partial charge on any atom is -0.464 e. The van der Waals surface area contributed by atoms with Gasteiger partial charge >= 0.3 is 12.2 Å². The number of carbonyl (C=O) groups is 2. The van der Waals surface area contributed by atoms with Gasteiger partial charge in [-0.1, -0.05) is 141 Å². The second-order valence-electron chi connectivity index (χ2n) is 12.7. The standard InChI is InChI=1S/C43H38N2O4S/c1-6-27-43(4,5)29(3)30-18-8-9-19-31(30)34-22-14-15-25-37(34)44(41(46)47)28(2)17-7-16-26-38-45(42(48)49)39-35-23-12-10-20-32(35)33-21-11-13-24-36(33)40(39)50-38/h6-26H,1,3,27H2,2,4-5H3,(H,46,47)(H,48,49)/b16-7+,28-17+,38-26+. The fourth-order valence-corrected chi connectivity index (χ4v) is 7.75. The van der Waals surface area contributed by atoms with Gasteiger partial charge in [-0.3, -0.25) is 4.90 Å². The van der Waals surface area contributed by atoms with Crippen molar-refractivity contribution in [1.82, 2.24) is 0 Å². The molecule has 0 radical (unpaired) electrons. The molecule has 0 aliphatic carbocycles. The van der Waals surface area contributed by atoms with Crippen molar-refractivity contribution in [3.05, 3.63) is 157 Å². The van der Waals surface area contributed by atoms with E-state index in [4.69, 9.17) is 0 Å². The van der Waals surface area contributed by atoms with Gasteiger partial charge in [0.15, 0.2) is 0 Å². The molecule has 2 N–H and O–H groups in total. The van der Waals surface area contributed by atoms with E-state index in [1.54, 1.807) is 37.3 Å². The highest BCUT2D eigenvalue weighted by molar-refractivity contribution is 8.04. The summed E-state index contributed by atoms with van der Waals surface area (Å²) in [6, 6.07) is 31.3. The maximum atomic E-state index is 12.8. The number of thioether (sulfide) groups is 1. The van der Waals surface area contributed by atoms with Crippen molar-refractivity contribution in [2.24, 2.45) is 5.41 Å². The van der Waals surface area contributed by atoms with Crippen LogP contribution in [-0.2, 0) is 0 Å². The lowest BCUT2D eigenvalue weighted by Crippen LogP contribution is -2.27. The van der Waals surface area contributed by atoms with Crippen LogP contribution in [0.1, 0.15) is 32.8 Å². The largest absolute Gasteiger partial charge is 0.464 e. The summed E-state index contributed by atoms with van der Waals surface area (Å²) < 4.78 is 0. The summed E-state index contributed by atoms with van der Waals surface area (Å²) in [4.78, 5) is 29.0. The number of amides is 2. The minimum atomic E-state index is -1.13. The number of benzene rings is 5. The topological polar surface area (TPSA) is 81.1 Å². The van der Waals surface area contributed by atoms with E-state index in [1.165, 1.54) is 21.6 Å². The van der Waals surface area contributed by atoms with Crippen LogP contribution in [-0.4, -0.2) is 22.4 Å². The molecule has 7 heteroatoms. The molecule has 6 nitrogen and oxygen atoms in total. The highest BCUT2D eigenvalue weighted by atomic mass is 32.2. The molecule has 0 bridgehead atoms. The lowest BCUT2D eigenvalue weighted by molar-refractivity contribution is 0.203. The molecule has 2 amide bonds. The first kappa shape index (κ1) is 34.1. The van der Waals surface area contributed by atoms with E-state index in [2.05, 4.69) is 33.1 Å². The molecule has 0 saturated heterocycles. The van der Waals surface area contributed by atoms with E-state index in [0.717, 1.165) is 55.1 Å². The van der Waals surface area contributed by atoms with Gasteiger partial charge in [0.2, 0.25) is 0 Å². The van der Waals surface area contributed by atoms with Crippen LogP contribution in [0.4, 0.5) is 21.0 Å². The van der Waals surface area contributed by atoms with Crippen LogP contribution in [0.3, 0.4) is 0 Å². The Morgan fingerprint density at radius 1 is 0.820 bits per heavy atom. The number of rotatable bonds is 9. The highest BCUT2D eigenvalue weighted by Crippen LogP contribution is 2.53. The number of nitrogens with zero attached hydrogens (tertiary/aromatic N) is 2. The summed E-state index contributed by atoms with van der Waals surface area (Å²) in [6.45, 7) is 14.3. The van der Waals surface area contributed by atoms with Crippen LogP contribution in [0, 0.1) is 5.41 Å². The molecule has 1 aliphatic heterocycles. The van der Waals surface area contributed by atoms with E-state index < -0.39 is 12.2 Å². The Balaban J connectivity index is 1.35. The smallest absolute Gasteiger partial charge is 0.416 e. The number of hydrogen-bond donors (Lipinski definition) is 2. The van der Waals surface area contributed by atoms with E-state index in [-0.39, 0.29) is 5.41 Å². The maximum absolute atomic E-state index is 12.8. The summed E-state index contributed by atoms with van der Waals surface area (Å²) in [7, 11) is 0. The molecule has 6 rings (SSSR count). The minimum absolute atomic E-state index is 0.246. The van der Waals surface area contributed by atoms with Crippen LogP contribution in [0.5, 0.6) is 0 Å². The number of para-hydroxylation sites is 1. The SMILES string of the molecule is C=CCC(C)(C)C(=C)c1ccccc1-c1ccccc1N(C(=O)O)/C(C)=C/C=C/C=C1/Sc2c(c3ccccc3c3ccccc23)N1C(=O)O. The van der Waals surface area contributed by atoms with Gasteiger partial charge in [0.05, 0.1) is 16.4 Å². The lowest BCUT2D eigenvalue weighted by Gasteiger charge is -2.29. The first-order valence-electron chi connectivity index (χ1n) is 16.3. The summed E-state index contributed by atoms with van der Waals surface area (Å²) in [5.74, 6) is 0. The van der Waals surface area contributed by atoms with Crippen molar-refractivity contribution in [3.63, 3.8) is 0 Å². The van der Waals surface area contributed by atoms with Crippen molar-refractivity contribution in [2.75, 3.05) is 9.80 Å². The van der Waals surface area contributed by atoms with Crippen molar-refractivity contribution in [2.45, 2.75) is 32.1 Å². The fourth-order valence-electron chi connectivity index (χ4n) is 6.55. The normalized spacial score (nSPS) is 14.0. The molecule has 1 heterocycles. The number of fused-ring (bicyclic) bond motifs is 6. The average molecular weight is 679 g/mol. The van der Waals surface area contributed by atoms with Crippen molar-refractivity contribution >= 4 is 62.4 Å². The summed E-state index contributed by atoms with van der Waals surface area (Å²) in [5.41, 5.74) is 4.92. The first-order chi connectivity index (χ1) is 24.0. The molecular formula is C43H38N2O4S. The zero-order chi connectivity index (χ0) is 35.6. The second kappa shape index (κ2) is 14.0. The van der Waals surface area contributed by atoms with Gasteiger partial charge in [0, 0.05) is 21.5 Å². The van der Waals surface area contributed by atoms with Crippen molar-refractivity contribution in [3.8, 4) is 11.1 Å². The number of anilines is 2. The molecule has 0 atom stereocenters. The van der Waals surface area contributed by atoms with Gasteiger partial charge in [0.1, 0.15) is 0 Å². The Morgan fingerprint density at radius 3 is 2.06 bits per heavy atom. The predicted octanol–water partition coefficient (Wildman–Crippen LogP) is 12.4. The summed E-state index contributed by atoms with van der Waals surface area (Å²) >= 11 is 1.41. The Kier molecular flexibility index (Phi) is 9.53. The molecule has 5 aromatic carbocycles. The van der Waals surface area contributed by atoms with E-state index >= 15 is 0 Å². The summed E-state index contributed by atoms with van der Waals surface area (Å²) in [6.07, 6.45) is 7.36. The molecule has 0 unspecified atom stereocenters. The number of carboxylic acid groups (broad SMARTS) is 2. The van der Waals surface area contributed by atoms with Gasteiger partial charge in [-0.2, -0.15) is 0 Å².